The van der Waals surface area contributed by atoms with Crippen LogP contribution in [0.1, 0.15) is 17.3 Å². The second kappa shape index (κ2) is 6.15. The molecule has 1 atom stereocenters. The number of hydrogen-bond donors (Lipinski definition) is 2. The number of carbonyl (C=O) groups excluding carboxylic acids is 1. The Morgan fingerprint density at radius 3 is 3.05 bits per heavy atom. The van der Waals surface area contributed by atoms with Crippen molar-refractivity contribution >= 4 is 5.91 Å². The van der Waals surface area contributed by atoms with E-state index in [9.17, 15) is 4.79 Å². The van der Waals surface area contributed by atoms with Crippen LogP contribution in [-0.4, -0.2) is 33.7 Å². The van der Waals surface area contributed by atoms with Gasteiger partial charge in [0.1, 0.15) is 0 Å². The number of amides is 1. The first kappa shape index (κ1) is 13.3. The molecule has 1 heterocycles. The minimum atomic E-state index is -0.137. The fourth-order valence-electron chi connectivity index (χ4n) is 1.65. The van der Waals surface area contributed by atoms with Gasteiger partial charge in [-0.15, -0.1) is 0 Å². The first-order valence-corrected chi connectivity index (χ1v) is 6.18. The van der Waals surface area contributed by atoms with E-state index in [2.05, 4.69) is 10.3 Å². The number of benzene rings is 1. The maximum absolute atomic E-state index is 12.0. The van der Waals surface area contributed by atoms with E-state index in [0.717, 1.165) is 5.69 Å². The predicted octanol–water partition coefficient (Wildman–Crippen LogP) is 1.23. The number of nitrogens with zero attached hydrogens (tertiary/aromatic N) is 2. The smallest absolute Gasteiger partial charge is 0.251 e. The fraction of sp³-hybridized carbons (Fsp3) is 0.286. The molecule has 0 aliphatic carbocycles. The maximum Gasteiger partial charge on any atom is 0.251 e. The van der Waals surface area contributed by atoms with Gasteiger partial charge in [-0.2, -0.15) is 0 Å². The van der Waals surface area contributed by atoms with Gasteiger partial charge in [-0.1, -0.05) is 13.0 Å². The maximum atomic E-state index is 12.0. The number of aromatic nitrogens is 2. The van der Waals surface area contributed by atoms with Gasteiger partial charge in [-0.25, -0.2) is 4.98 Å². The summed E-state index contributed by atoms with van der Waals surface area (Å²) in [6.07, 6.45) is 5.20. The van der Waals surface area contributed by atoms with Crippen LogP contribution in [-0.2, 0) is 0 Å². The van der Waals surface area contributed by atoms with Crippen LogP contribution in [0, 0.1) is 5.92 Å². The summed E-state index contributed by atoms with van der Waals surface area (Å²) in [6, 6.07) is 7.31. The van der Waals surface area contributed by atoms with Crippen LogP contribution in [0.15, 0.2) is 43.0 Å². The molecule has 2 rings (SSSR count). The molecule has 1 amide bonds. The highest BCUT2D eigenvalue weighted by Gasteiger charge is 2.08. The number of nitrogens with one attached hydrogen (secondary N) is 1. The van der Waals surface area contributed by atoms with E-state index in [0.29, 0.717) is 12.1 Å². The second-order valence-corrected chi connectivity index (χ2v) is 4.52. The molecule has 5 nitrogen and oxygen atoms in total. The van der Waals surface area contributed by atoms with Crippen molar-refractivity contribution in [3.8, 4) is 5.69 Å². The Kier molecular flexibility index (Phi) is 4.30. The van der Waals surface area contributed by atoms with Crippen molar-refractivity contribution in [1.82, 2.24) is 14.9 Å². The van der Waals surface area contributed by atoms with Gasteiger partial charge in [0.25, 0.3) is 5.91 Å². The number of rotatable bonds is 5. The van der Waals surface area contributed by atoms with Crippen LogP contribution in [0.25, 0.3) is 5.69 Å². The minimum absolute atomic E-state index is 0.0563. The highest BCUT2D eigenvalue weighted by Crippen LogP contribution is 2.10. The third-order valence-corrected chi connectivity index (χ3v) is 2.83. The Balaban J connectivity index is 2.08. The standard InChI is InChI=1S/C14H17N3O2/c1-11(9-18)8-16-14(19)12-3-2-4-13(7-12)17-6-5-15-10-17/h2-7,10-11,18H,8-9H2,1H3,(H,16,19). The summed E-state index contributed by atoms with van der Waals surface area (Å²) in [5.41, 5.74) is 1.48. The van der Waals surface area contributed by atoms with Crippen LogP contribution >= 0.6 is 0 Å². The van der Waals surface area contributed by atoms with Crippen LogP contribution in [0.2, 0.25) is 0 Å². The molecule has 1 unspecified atom stereocenters. The Hall–Kier alpha value is -2.14. The van der Waals surface area contributed by atoms with Crippen molar-refractivity contribution in [2.24, 2.45) is 5.92 Å². The Morgan fingerprint density at radius 2 is 2.37 bits per heavy atom. The lowest BCUT2D eigenvalue weighted by Gasteiger charge is -2.10. The molecule has 0 aliphatic rings. The minimum Gasteiger partial charge on any atom is -0.396 e. The normalized spacial score (nSPS) is 12.1. The first-order chi connectivity index (χ1) is 9.20. The lowest BCUT2D eigenvalue weighted by molar-refractivity contribution is 0.0942. The molecule has 0 bridgehead atoms. The molecule has 5 heteroatoms. The van der Waals surface area contributed by atoms with Crippen molar-refractivity contribution in [3.63, 3.8) is 0 Å². The van der Waals surface area contributed by atoms with Crippen molar-refractivity contribution in [2.75, 3.05) is 13.2 Å². The average Bonchev–Trinajstić information content (AvgIpc) is 2.98. The van der Waals surface area contributed by atoms with Gasteiger partial charge in [-0.3, -0.25) is 4.79 Å². The van der Waals surface area contributed by atoms with E-state index in [1.54, 1.807) is 24.7 Å². The third kappa shape index (κ3) is 3.42. The Bertz CT molecular complexity index is 537. The van der Waals surface area contributed by atoms with Crippen molar-refractivity contribution in [2.45, 2.75) is 6.92 Å². The van der Waals surface area contributed by atoms with E-state index in [1.165, 1.54) is 0 Å². The molecule has 0 aliphatic heterocycles. The molecule has 0 radical (unpaired) electrons. The third-order valence-electron chi connectivity index (χ3n) is 2.83. The topological polar surface area (TPSA) is 67.2 Å². The van der Waals surface area contributed by atoms with Crippen molar-refractivity contribution < 1.29 is 9.90 Å². The largest absolute Gasteiger partial charge is 0.396 e. The van der Waals surface area contributed by atoms with E-state index in [1.807, 2.05) is 29.8 Å². The van der Waals surface area contributed by atoms with E-state index in [4.69, 9.17) is 5.11 Å². The molecule has 2 aromatic rings. The fourth-order valence-corrected chi connectivity index (χ4v) is 1.65. The van der Waals surface area contributed by atoms with Crippen molar-refractivity contribution in [1.29, 1.82) is 0 Å². The SMILES string of the molecule is CC(CO)CNC(=O)c1cccc(-n2ccnc2)c1. The summed E-state index contributed by atoms with van der Waals surface area (Å²) < 4.78 is 1.84. The summed E-state index contributed by atoms with van der Waals surface area (Å²) in [6.45, 7) is 2.40. The van der Waals surface area contributed by atoms with Crippen molar-refractivity contribution in [3.05, 3.63) is 48.5 Å². The Labute approximate surface area is 111 Å². The van der Waals surface area contributed by atoms with Gasteiger partial charge in [0.2, 0.25) is 0 Å². The van der Waals surface area contributed by atoms with Crippen LogP contribution in [0.4, 0.5) is 0 Å². The molecule has 0 saturated carbocycles. The van der Waals surface area contributed by atoms with Gasteiger partial charge < -0.3 is 15.0 Å². The van der Waals surface area contributed by atoms with Crippen LogP contribution in [0.5, 0.6) is 0 Å². The summed E-state index contributed by atoms with van der Waals surface area (Å²) >= 11 is 0. The number of carbonyl (C=O) groups is 1. The molecule has 1 aromatic carbocycles. The molecule has 100 valence electrons. The van der Waals surface area contributed by atoms with Crippen LogP contribution < -0.4 is 5.32 Å². The van der Waals surface area contributed by atoms with E-state index < -0.39 is 0 Å². The quantitative estimate of drug-likeness (QED) is 0.848. The number of aliphatic hydroxyl groups excluding tert-OH is 1. The zero-order valence-corrected chi connectivity index (χ0v) is 10.8. The van der Waals surface area contributed by atoms with Gasteiger partial charge >= 0.3 is 0 Å². The predicted molar refractivity (Wildman–Crippen MR) is 72.1 cm³/mol. The van der Waals surface area contributed by atoms with Gasteiger partial charge in [0, 0.05) is 36.8 Å². The number of hydrogen-bond acceptors (Lipinski definition) is 3. The highest BCUT2D eigenvalue weighted by atomic mass is 16.3. The molecule has 0 saturated heterocycles. The highest BCUT2D eigenvalue weighted by molar-refractivity contribution is 5.94. The lowest BCUT2D eigenvalue weighted by Crippen LogP contribution is -2.29. The zero-order chi connectivity index (χ0) is 13.7. The lowest BCUT2D eigenvalue weighted by atomic mass is 10.1. The molecule has 0 fully saturated rings. The average molecular weight is 259 g/mol. The number of imidazole rings is 1. The molecular formula is C14H17N3O2. The number of aliphatic hydroxyl groups is 1. The summed E-state index contributed by atoms with van der Waals surface area (Å²) in [5.74, 6) is -0.0805. The molecule has 2 N–H and O–H groups in total. The monoisotopic (exact) mass is 259 g/mol. The Morgan fingerprint density at radius 1 is 1.53 bits per heavy atom. The molecular weight excluding hydrogens is 242 g/mol. The van der Waals surface area contributed by atoms with E-state index in [-0.39, 0.29) is 18.4 Å². The van der Waals surface area contributed by atoms with Gasteiger partial charge in [0.15, 0.2) is 0 Å². The van der Waals surface area contributed by atoms with Gasteiger partial charge in [0.05, 0.1) is 6.33 Å². The molecule has 19 heavy (non-hydrogen) atoms. The van der Waals surface area contributed by atoms with E-state index >= 15 is 0 Å². The molecule has 1 aromatic heterocycles. The van der Waals surface area contributed by atoms with Crippen LogP contribution in [0.3, 0.4) is 0 Å². The first-order valence-electron chi connectivity index (χ1n) is 6.18. The summed E-state index contributed by atoms with van der Waals surface area (Å²) in [7, 11) is 0. The second-order valence-electron chi connectivity index (χ2n) is 4.52. The summed E-state index contributed by atoms with van der Waals surface area (Å²) in [5, 5.41) is 11.7. The zero-order valence-electron chi connectivity index (χ0n) is 10.8. The van der Waals surface area contributed by atoms with Gasteiger partial charge in [-0.05, 0) is 24.1 Å². The molecule has 0 spiro atoms. The summed E-state index contributed by atoms with van der Waals surface area (Å²) in [4.78, 5) is 15.9.